The predicted octanol–water partition coefficient (Wildman–Crippen LogP) is 6.06. The Bertz CT molecular complexity index is 985. The largest absolute Gasteiger partial charge is 0.507 e. The average Bonchev–Trinajstić information content (AvgIpc) is 2.59. The summed E-state index contributed by atoms with van der Waals surface area (Å²) in [7, 11) is 1.49. The summed E-state index contributed by atoms with van der Waals surface area (Å²) in [5.74, 6) is -0.230. The molecule has 0 radical (unpaired) electrons. The number of hydrogen-bond donors (Lipinski definition) is 1. The summed E-state index contributed by atoms with van der Waals surface area (Å²) >= 11 is 35.5. The highest BCUT2D eigenvalue weighted by Crippen LogP contribution is 2.44. The number of phenolic OH excluding ortho intramolecular Hbond substituents is 1. The molecule has 1 N–H and O–H groups in total. The smallest absolute Gasteiger partial charge is 0.250 e. The molecule has 0 saturated heterocycles. The molecule has 0 saturated carbocycles. The summed E-state index contributed by atoms with van der Waals surface area (Å²) in [6.07, 6.45) is 0. The number of aromatic hydroxyl groups is 1. The third kappa shape index (κ3) is 4.24. The molecule has 1 heterocycles. The van der Waals surface area contributed by atoms with Gasteiger partial charge in [0.05, 0.1) is 12.7 Å². The van der Waals surface area contributed by atoms with Crippen molar-refractivity contribution in [2.45, 2.75) is 7.59 Å². The number of rotatable bonds is 2. The number of ether oxygens (including phenoxy) is 1. The van der Waals surface area contributed by atoms with Crippen LogP contribution in [0, 0.1) is 0 Å². The van der Waals surface area contributed by atoms with Crippen molar-refractivity contribution in [2.75, 3.05) is 7.11 Å². The van der Waals surface area contributed by atoms with Gasteiger partial charge in [-0.2, -0.15) is 0 Å². The van der Waals surface area contributed by atoms with Crippen LogP contribution in [0.4, 0.5) is 0 Å². The first-order valence-corrected chi connectivity index (χ1v) is 9.48. The van der Waals surface area contributed by atoms with E-state index in [1.54, 1.807) is 12.1 Å². The van der Waals surface area contributed by atoms with Crippen LogP contribution in [0.1, 0.15) is 11.6 Å². The second-order valence-corrected chi connectivity index (χ2v) is 9.88. The van der Waals surface area contributed by atoms with Gasteiger partial charge < -0.3 is 9.84 Å². The first-order valence-electron chi connectivity index (χ1n) is 7.22. The van der Waals surface area contributed by atoms with E-state index in [4.69, 9.17) is 74.3 Å². The van der Waals surface area contributed by atoms with E-state index < -0.39 is 7.59 Å². The van der Waals surface area contributed by atoms with Crippen LogP contribution in [0.15, 0.2) is 30.3 Å². The number of aromatic nitrogens is 3. The topological polar surface area (TPSA) is 68.1 Å². The minimum atomic E-state index is -2.00. The van der Waals surface area contributed by atoms with Crippen LogP contribution in [0.2, 0.25) is 0 Å². The molecule has 1 aromatic heterocycles. The lowest BCUT2D eigenvalue weighted by atomic mass is 10.0. The highest BCUT2D eigenvalue weighted by molar-refractivity contribution is 6.67. The molecular weight excluding hydrogens is 479 g/mol. The number of benzene rings is 2. The Balaban J connectivity index is 2.39. The van der Waals surface area contributed by atoms with Crippen molar-refractivity contribution < 1.29 is 9.84 Å². The van der Waals surface area contributed by atoms with Crippen LogP contribution in [0.3, 0.4) is 0 Å². The molecule has 142 valence electrons. The molecule has 2 aromatic carbocycles. The van der Waals surface area contributed by atoms with Gasteiger partial charge in [0.25, 0.3) is 0 Å². The maximum absolute atomic E-state index is 10.6. The van der Waals surface area contributed by atoms with Gasteiger partial charge >= 0.3 is 0 Å². The quantitative estimate of drug-likeness (QED) is 0.445. The van der Waals surface area contributed by atoms with Gasteiger partial charge in [0, 0.05) is 16.8 Å². The Hall–Kier alpha value is -0.950. The van der Waals surface area contributed by atoms with E-state index in [1.807, 2.05) is 12.1 Å². The fourth-order valence-corrected chi connectivity index (χ4v) is 2.98. The van der Waals surface area contributed by atoms with E-state index >= 15 is 0 Å². The second kappa shape index (κ2) is 7.47. The van der Waals surface area contributed by atoms with E-state index in [9.17, 15) is 5.11 Å². The molecule has 0 bridgehead atoms. The molecule has 0 unspecified atom stereocenters. The number of nitrogens with zero attached hydrogens (tertiary/aromatic N) is 3. The van der Waals surface area contributed by atoms with Crippen molar-refractivity contribution in [3.8, 4) is 22.9 Å². The predicted molar refractivity (Wildman–Crippen MR) is 109 cm³/mol. The van der Waals surface area contributed by atoms with Crippen molar-refractivity contribution >= 4 is 80.4 Å². The van der Waals surface area contributed by atoms with E-state index in [2.05, 4.69) is 15.0 Å². The minimum Gasteiger partial charge on any atom is -0.507 e. The van der Waals surface area contributed by atoms with Gasteiger partial charge in [-0.15, -0.1) is 0 Å². The Morgan fingerprint density at radius 3 is 1.85 bits per heavy atom. The van der Waals surface area contributed by atoms with Crippen molar-refractivity contribution in [1.82, 2.24) is 15.0 Å². The zero-order valence-corrected chi connectivity index (χ0v) is 17.9. The molecule has 27 heavy (non-hydrogen) atoms. The standard InChI is InChI=1S/C16H9Cl6N3O2/c1-27-10-6-9(26)11(8-5-3-2-4-7(8)10)12-23-13(15(17,18)19)25-14(24-12)16(20,21)22/h2-6,26H,1H3. The van der Waals surface area contributed by atoms with Gasteiger partial charge in [0.1, 0.15) is 11.5 Å². The lowest BCUT2D eigenvalue weighted by molar-refractivity contribution is 0.413. The number of halogens is 6. The van der Waals surface area contributed by atoms with Crippen LogP contribution in [0.25, 0.3) is 22.2 Å². The van der Waals surface area contributed by atoms with E-state index in [-0.39, 0.29) is 28.8 Å². The molecule has 0 fully saturated rings. The summed E-state index contributed by atoms with van der Waals surface area (Å²) in [6, 6.07) is 8.58. The highest BCUT2D eigenvalue weighted by Gasteiger charge is 2.34. The SMILES string of the molecule is COc1cc(O)c(-c2nc(C(Cl)(Cl)Cl)nc(C(Cl)(Cl)Cl)n2)c2ccccc12. The van der Waals surface area contributed by atoms with Crippen LogP contribution in [-0.4, -0.2) is 27.2 Å². The Morgan fingerprint density at radius 2 is 1.37 bits per heavy atom. The summed E-state index contributed by atoms with van der Waals surface area (Å²) in [4.78, 5) is 12.2. The number of fused-ring (bicyclic) bond motifs is 1. The first kappa shape index (κ1) is 20.8. The molecule has 0 aliphatic rings. The molecular formula is C16H9Cl6N3O2. The Labute approximate surface area is 184 Å². The van der Waals surface area contributed by atoms with Crippen LogP contribution in [-0.2, 0) is 7.59 Å². The average molecular weight is 488 g/mol. The number of phenols is 1. The molecule has 3 rings (SSSR count). The number of hydrogen-bond acceptors (Lipinski definition) is 5. The van der Waals surface area contributed by atoms with Crippen LogP contribution < -0.4 is 4.74 Å². The van der Waals surface area contributed by atoms with E-state index in [1.165, 1.54) is 13.2 Å². The lowest BCUT2D eigenvalue weighted by Gasteiger charge is -2.17. The maximum atomic E-state index is 10.6. The third-order valence-electron chi connectivity index (χ3n) is 3.57. The minimum absolute atomic E-state index is 0.0241. The van der Waals surface area contributed by atoms with Gasteiger partial charge in [0.15, 0.2) is 17.5 Å². The lowest BCUT2D eigenvalue weighted by Crippen LogP contribution is -2.17. The number of methoxy groups -OCH3 is 1. The van der Waals surface area contributed by atoms with Crippen molar-refractivity contribution in [2.24, 2.45) is 0 Å². The zero-order valence-electron chi connectivity index (χ0n) is 13.4. The molecule has 0 spiro atoms. The summed E-state index contributed by atoms with van der Waals surface area (Å²) < 4.78 is 1.32. The molecule has 0 aliphatic heterocycles. The first-order chi connectivity index (χ1) is 12.5. The van der Waals surface area contributed by atoms with Crippen molar-refractivity contribution in [1.29, 1.82) is 0 Å². The number of alkyl halides is 6. The normalized spacial score (nSPS) is 12.4. The molecule has 3 aromatic rings. The van der Waals surface area contributed by atoms with Crippen molar-refractivity contribution in [3.63, 3.8) is 0 Å². The van der Waals surface area contributed by atoms with Gasteiger partial charge in [0.2, 0.25) is 7.59 Å². The van der Waals surface area contributed by atoms with Gasteiger partial charge in [-0.3, -0.25) is 0 Å². The maximum Gasteiger partial charge on any atom is 0.250 e. The van der Waals surface area contributed by atoms with Crippen molar-refractivity contribution in [3.05, 3.63) is 42.0 Å². The van der Waals surface area contributed by atoms with Gasteiger partial charge in [-0.05, 0) is 0 Å². The van der Waals surface area contributed by atoms with E-state index in [0.717, 1.165) is 0 Å². The highest BCUT2D eigenvalue weighted by atomic mass is 35.6. The molecule has 11 heteroatoms. The molecule has 0 aliphatic carbocycles. The van der Waals surface area contributed by atoms with Crippen LogP contribution >= 0.6 is 69.6 Å². The zero-order chi connectivity index (χ0) is 20.0. The van der Waals surface area contributed by atoms with Gasteiger partial charge in [-0.1, -0.05) is 93.9 Å². The monoisotopic (exact) mass is 485 g/mol. The van der Waals surface area contributed by atoms with E-state index in [0.29, 0.717) is 16.5 Å². The van der Waals surface area contributed by atoms with Crippen LogP contribution in [0.5, 0.6) is 11.5 Å². The third-order valence-corrected chi connectivity index (χ3v) is 4.59. The summed E-state index contributed by atoms with van der Waals surface area (Å²) in [5.41, 5.74) is 0.250. The second-order valence-electron chi connectivity index (χ2n) is 5.32. The fourth-order valence-electron chi connectivity index (χ4n) is 2.47. The fraction of sp³-hybridized carbons (Fsp3) is 0.188. The summed E-state index contributed by atoms with van der Waals surface area (Å²) in [6.45, 7) is 0. The molecule has 0 atom stereocenters. The summed E-state index contributed by atoms with van der Waals surface area (Å²) in [5, 5.41) is 11.9. The molecule has 5 nitrogen and oxygen atoms in total. The molecule has 0 amide bonds. The Kier molecular flexibility index (Phi) is 5.75. The Morgan fingerprint density at radius 1 is 0.852 bits per heavy atom. The van der Waals surface area contributed by atoms with Gasteiger partial charge in [-0.25, -0.2) is 15.0 Å².